The standard InChI is InChI=1S/C13H19NO3/c1-8(2)9-5-4-6-10(13(9)17-3)11(14)7-12(15)16/h4-6,8,11H,7,14H2,1-3H3,(H,15,16). The van der Waals surface area contributed by atoms with E-state index in [0.717, 1.165) is 11.1 Å². The number of carbonyl (C=O) groups is 1. The summed E-state index contributed by atoms with van der Waals surface area (Å²) in [6.45, 7) is 4.12. The molecule has 0 saturated heterocycles. The molecule has 4 heteroatoms. The van der Waals surface area contributed by atoms with Gasteiger partial charge >= 0.3 is 5.97 Å². The molecule has 0 amide bonds. The molecule has 0 spiro atoms. The van der Waals surface area contributed by atoms with Crippen molar-refractivity contribution in [3.63, 3.8) is 0 Å². The number of hydrogen-bond donors (Lipinski definition) is 2. The molecule has 0 fully saturated rings. The number of methoxy groups -OCH3 is 1. The molecule has 0 aliphatic heterocycles. The average Bonchev–Trinajstić information content (AvgIpc) is 2.26. The van der Waals surface area contributed by atoms with E-state index < -0.39 is 12.0 Å². The zero-order valence-electron chi connectivity index (χ0n) is 10.4. The summed E-state index contributed by atoms with van der Waals surface area (Å²) in [6, 6.07) is 5.13. The van der Waals surface area contributed by atoms with Crippen LogP contribution >= 0.6 is 0 Å². The molecule has 94 valence electrons. The Hall–Kier alpha value is -1.55. The van der Waals surface area contributed by atoms with E-state index in [1.165, 1.54) is 0 Å². The van der Waals surface area contributed by atoms with Gasteiger partial charge in [0.05, 0.1) is 13.5 Å². The van der Waals surface area contributed by atoms with Crippen molar-refractivity contribution in [2.75, 3.05) is 7.11 Å². The Morgan fingerprint density at radius 1 is 1.41 bits per heavy atom. The predicted octanol–water partition coefficient (Wildman–Crippen LogP) is 2.29. The maximum absolute atomic E-state index is 10.7. The van der Waals surface area contributed by atoms with Crippen LogP contribution in [0.4, 0.5) is 0 Å². The molecule has 0 aromatic heterocycles. The summed E-state index contributed by atoms with van der Waals surface area (Å²) in [7, 11) is 1.58. The normalized spacial score (nSPS) is 12.5. The molecule has 0 saturated carbocycles. The first-order valence-electron chi connectivity index (χ1n) is 5.61. The quantitative estimate of drug-likeness (QED) is 0.824. The summed E-state index contributed by atoms with van der Waals surface area (Å²) in [6.07, 6.45) is -0.0993. The minimum Gasteiger partial charge on any atom is -0.496 e. The summed E-state index contributed by atoms with van der Waals surface area (Å²) < 4.78 is 5.37. The number of nitrogens with two attached hydrogens (primary N) is 1. The van der Waals surface area contributed by atoms with Gasteiger partial charge in [0.25, 0.3) is 0 Å². The van der Waals surface area contributed by atoms with Crippen molar-refractivity contribution in [2.24, 2.45) is 5.73 Å². The highest BCUT2D eigenvalue weighted by Gasteiger charge is 2.18. The fourth-order valence-corrected chi connectivity index (χ4v) is 1.85. The summed E-state index contributed by atoms with van der Waals surface area (Å²) >= 11 is 0. The summed E-state index contributed by atoms with van der Waals surface area (Å²) in [4.78, 5) is 10.7. The van der Waals surface area contributed by atoms with Crippen molar-refractivity contribution in [2.45, 2.75) is 32.2 Å². The van der Waals surface area contributed by atoms with E-state index in [-0.39, 0.29) is 6.42 Å². The third kappa shape index (κ3) is 3.20. The van der Waals surface area contributed by atoms with Gasteiger partial charge < -0.3 is 15.6 Å². The Morgan fingerprint density at radius 3 is 2.47 bits per heavy atom. The van der Waals surface area contributed by atoms with Crippen molar-refractivity contribution in [3.05, 3.63) is 29.3 Å². The second-order valence-electron chi connectivity index (χ2n) is 4.33. The Bertz CT molecular complexity index is 402. The van der Waals surface area contributed by atoms with Gasteiger partial charge in [-0.2, -0.15) is 0 Å². The van der Waals surface area contributed by atoms with Gasteiger partial charge in [-0.1, -0.05) is 32.0 Å². The van der Waals surface area contributed by atoms with Gasteiger partial charge in [-0.25, -0.2) is 0 Å². The molecule has 0 aliphatic carbocycles. The Morgan fingerprint density at radius 2 is 2.00 bits per heavy atom. The number of carboxylic acids is 1. The van der Waals surface area contributed by atoms with Crippen LogP contribution in [-0.4, -0.2) is 18.2 Å². The van der Waals surface area contributed by atoms with Crippen LogP contribution in [0.3, 0.4) is 0 Å². The highest BCUT2D eigenvalue weighted by Crippen LogP contribution is 2.33. The van der Waals surface area contributed by atoms with Crippen LogP contribution in [0.1, 0.15) is 43.4 Å². The molecule has 17 heavy (non-hydrogen) atoms. The monoisotopic (exact) mass is 237 g/mol. The molecular formula is C13H19NO3. The molecule has 0 bridgehead atoms. The van der Waals surface area contributed by atoms with Crippen molar-refractivity contribution < 1.29 is 14.6 Å². The lowest BCUT2D eigenvalue weighted by molar-refractivity contribution is -0.137. The number of para-hydroxylation sites is 1. The van der Waals surface area contributed by atoms with Crippen LogP contribution in [0.15, 0.2) is 18.2 Å². The topological polar surface area (TPSA) is 72.5 Å². The van der Waals surface area contributed by atoms with Gasteiger partial charge in [0.15, 0.2) is 0 Å². The maximum atomic E-state index is 10.7. The first-order valence-corrected chi connectivity index (χ1v) is 5.61. The predicted molar refractivity (Wildman–Crippen MR) is 66.3 cm³/mol. The van der Waals surface area contributed by atoms with Crippen LogP contribution in [0, 0.1) is 0 Å². The van der Waals surface area contributed by atoms with E-state index in [2.05, 4.69) is 13.8 Å². The van der Waals surface area contributed by atoms with Gasteiger partial charge in [-0.15, -0.1) is 0 Å². The molecule has 0 aliphatic rings. The van der Waals surface area contributed by atoms with Gasteiger partial charge in [-0.05, 0) is 11.5 Å². The van der Waals surface area contributed by atoms with Crippen LogP contribution in [-0.2, 0) is 4.79 Å². The number of rotatable bonds is 5. The second-order valence-corrected chi connectivity index (χ2v) is 4.33. The molecule has 0 radical (unpaired) electrons. The van der Waals surface area contributed by atoms with Crippen molar-refractivity contribution >= 4 is 5.97 Å². The Balaban J connectivity index is 3.14. The zero-order valence-corrected chi connectivity index (χ0v) is 10.4. The molecule has 1 unspecified atom stereocenters. The minimum absolute atomic E-state index is 0.0993. The first-order chi connectivity index (χ1) is 7.97. The third-order valence-corrected chi connectivity index (χ3v) is 2.70. The average molecular weight is 237 g/mol. The summed E-state index contributed by atoms with van der Waals surface area (Å²) in [5.74, 6) is 0.104. The largest absolute Gasteiger partial charge is 0.496 e. The first kappa shape index (κ1) is 13.5. The van der Waals surface area contributed by atoms with E-state index in [1.807, 2.05) is 18.2 Å². The number of aliphatic carboxylic acids is 1. The van der Waals surface area contributed by atoms with Crippen LogP contribution in [0.25, 0.3) is 0 Å². The third-order valence-electron chi connectivity index (χ3n) is 2.70. The van der Waals surface area contributed by atoms with Crippen LogP contribution in [0.5, 0.6) is 5.75 Å². The molecule has 3 N–H and O–H groups in total. The lowest BCUT2D eigenvalue weighted by Crippen LogP contribution is -2.16. The maximum Gasteiger partial charge on any atom is 0.305 e. The molecular weight excluding hydrogens is 218 g/mol. The fourth-order valence-electron chi connectivity index (χ4n) is 1.85. The van der Waals surface area contributed by atoms with Crippen molar-refractivity contribution in [3.8, 4) is 5.75 Å². The smallest absolute Gasteiger partial charge is 0.305 e. The summed E-state index contributed by atoms with van der Waals surface area (Å²) in [5, 5.41) is 8.77. The lowest BCUT2D eigenvalue weighted by Gasteiger charge is -2.19. The van der Waals surface area contributed by atoms with Gasteiger partial charge in [0.1, 0.15) is 5.75 Å². The fraction of sp³-hybridized carbons (Fsp3) is 0.462. The molecule has 0 heterocycles. The van der Waals surface area contributed by atoms with Gasteiger partial charge in [0, 0.05) is 11.6 Å². The van der Waals surface area contributed by atoms with Crippen LogP contribution < -0.4 is 10.5 Å². The van der Waals surface area contributed by atoms with Crippen LogP contribution in [0.2, 0.25) is 0 Å². The molecule has 1 rings (SSSR count). The van der Waals surface area contributed by atoms with Gasteiger partial charge in [-0.3, -0.25) is 4.79 Å². The number of benzene rings is 1. The zero-order chi connectivity index (χ0) is 13.0. The minimum atomic E-state index is -0.908. The second kappa shape index (κ2) is 5.68. The highest BCUT2D eigenvalue weighted by molar-refractivity contribution is 5.68. The van der Waals surface area contributed by atoms with E-state index in [9.17, 15) is 4.79 Å². The van der Waals surface area contributed by atoms with E-state index in [1.54, 1.807) is 7.11 Å². The van der Waals surface area contributed by atoms with Crippen molar-refractivity contribution in [1.82, 2.24) is 0 Å². The van der Waals surface area contributed by atoms with E-state index in [4.69, 9.17) is 15.6 Å². The molecule has 1 atom stereocenters. The molecule has 1 aromatic rings. The van der Waals surface area contributed by atoms with E-state index in [0.29, 0.717) is 11.7 Å². The highest BCUT2D eigenvalue weighted by atomic mass is 16.5. The Kier molecular flexibility index (Phi) is 4.52. The Labute approximate surface area is 101 Å². The molecule has 4 nitrogen and oxygen atoms in total. The van der Waals surface area contributed by atoms with E-state index >= 15 is 0 Å². The van der Waals surface area contributed by atoms with Gasteiger partial charge in [0.2, 0.25) is 0 Å². The number of carboxylic acid groups (broad SMARTS) is 1. The molecule has 1 aromatic carbocycles. The van der Waals surface area contributed by atoms with Crippen molar-refractivity contribution in [1.29, 1.82) is 0 Å². The number of ether oxygens (including phenoxy) is 1. The SMILES string of the molecule is COc1c(C(C)C)cccc1C(N)CC(=O)O. The summed E-state index contributed by atoms with van der Waals surface area (Å²) in [5.41, 5.74) is 7.68. The number of hydrogen-bond acceptors (Lipinski definition) is 3. The lowest BCUT2D eigenvalue weighted by atomic mass is 9.95.